The Morgan fingerprint density at radius 1 is 1.00 bits per heavy atom. The second-order valence-corrected chi connectivity index (χ2v) is 5.05. The summed E-state index contributed by atoms with van der Waals surface area (Å²) < 4.78 is 5.15. The number of hydrogen-bond donors (Lipinski definition) is 2. The van der Waals surface area contributed by atoms with Gasteiger partial charge in [-0.1, -0.05) is 34.8 Å². The highest BCUT2D eigenvalue weighted by molar-refractivity contribution is 6.44. The number of nitrogen functional groups attached to an aromatic ring is 1. The Kier molecular flexibility index (Phi) is 4.30. The molecule has 0 radical (unpaired) electrons. The third kappa shape index (κ3) is 3.18. The lowest BCUT2D eigenvalue weighted by Gasteiger charge is -2.12. The molecule has 100 valence electrons. The number of methoxy groups -OCH3 is 1. The molecule has 3 nitrogen and oxygen atoms in total. The van der Waals surface area contributed by atoms with Crippen LogP contribution in [0.5, 0.6) is 5.75 Å². The lowest BCUT2D eigenvalue weighted by molar-refractivity contribution is 0.417. The fraction of sp³-hybridized carbons (Fsp3) is 0.0769. The van der Waals surface area contributed by atoms with E-state index in [1.807, 2.05) is 6.07 Å². The molecule has 6 heteroatoms. The largest absolute Gasteiger partial charge is 0.495 e. The summed E-state index contributed by atoms with van der Waals surface area (Å²) in [7, 11) is 1.56. The monoisotopic (exact) mass is 316 g/mol. The molecule has 0 aliphatic rings. The van der Waals surface area contributed by atoms with Gasteiger partial charge in [0, 0.05) is 11.8 Å². The molecule has 2 aromatic carbocycles. The average Bonchev–Trinajstić information content (AvgIpc) is 2.38. The van der Waals surface area contributed by atoms with Gasteiger partial charge in [-0.15, -0.1) is 0 Å². The van der Waals surface area contributed by atoms with Crippen LogP contribution >= 0.6 is 34.8 Å². The first-order valence-electron chi connectivity index (χ1n) is 5.36. The quantitative estimate of drug-likeness (QED) is 0.620. The molecule has 2 aromatic rings. The maximum atomic E-state index is 6.09. The number of rotatable bonds is 3. The molecule has 19 heavy (non-hydrogen) atoms. The van der Waals surface area contributed by atoms with Gasteiger partial charge in [0.2, 0.25) is 0 Å². The van der Waals surface area contributed by atoms with Crippen molar-refractivity contribution >= 4 is 51.9 Å². The fourth-order valence-corrected chi connectivity index (χ4v) is 2.16. The lowest BCUT2D eigenvalue weighted by Crippen LogP contribution is -1.96. The van der Waals surface area contributed by atoms with Gasteiger partial charge in [-0.25, -0.2) is 0 Å². The number of nitrogens with one attached hydrogen (secondary N) is 1. The van der Waals surface area contributed by atoms with Gasteiger partial charge in [0.25, 0.3) is 0 Å². The Bertz CT molecular complexity index is 617. The van der Waals surface area contributed by atoms with E-state index in [0.717, 1.165) is 5.69 Å². The zero-order chi connectivity index (χ0) is 14.0. The summed E-state index contributed by atoms with van der Waals surface area (Å²) in [5, 5.41) is 4.44. The SMILES string of the molecule is COc1cc(Nc2cc(Cl)c(Cl)cc2Cl)ccc1N. The molecule has 0 aromatic heterocycles. The Morgan fingerprint density at radius 3 is 2.37 bits per heavy atom. The minimum atomic E-state index is 0.409. The number of hydrogen-bond acceptors (Lipinski definition) is 3. The van der Waals surface area contributed by atoms with E-state index in [-0.39, 0.29) is 0 Å². The number of ether oxygens (including phenoxy) is 1. The van der Waals surface area contributed by atoms with E-state index in [1.165, 1.54) is 0 Å². The molecule has 0 bridgehead atoms. The molecule has 0 spiro atoms. The van der Waals surface area contributed by atoms with Crippen LogP contribution in [0.4, 0.5) is 17.1 Å². The van der Waals surface area contributed by atoms with Crippen molar-refractivity contribution < 1.29 is 4.74 Å². The third-order valence-corrected chi connectivity index (χ3v) is 3.56. The summed E-state index contributed by atoms with van der Waals surface area (Å²) in [5.74, 6) is 0.584. The third-order valence-electron chi connectivity index (χ3n) is 2.52. The summed E-state index contributed by atoms with van der Waals surface area (Å²) in [5.41, 5.74) is 7.75. The normalized spacial score (nSPS) is 10.3. The summed E-state index contributed by atoms with van der Waals surface area (Å²) in [6, 6.07) is 8.58. The van der Waals surface area contributed by atoms with Gasteiger partial charge in [0.15, 0.2) is 0 Å². The van der Waals surface area contributed by atoms with Crippen LogP contribution in [-0.4, -0.2) is 7.11 Å². The van der Waals surface area contributed by atoms with Crippen molar-refractivity contribution in [3.8, 4) is 5.75 Å². The van der Waals surface area contributed by atoms with Crippen molar-refractivity contribution in [1.29, 1.82) is 0 Å². The lowest BCUT2D eigenvalue weighted by atomic mass is 10.2. The van der Waals surface area contributed by atoms with Gasteiger partial charge in [-0.05, 0) is 24.3 Å². The van der Waals surface area contributed by atoms with Gasteiger partial charge in [0.05, 0.1) is 33.6 Å². The minimum absolute atomic E-state index is 0.409. The van der Waals surface area contributed by atoms with Crippen LogP contribution < -0.4 is 15.8 Å². The molecule has 0 fully saturated rings. The maximum absolute atomic E-state index is 6.09. The number of benzene rings is 2. The highest BCUT2D eigenvalue weighted by Gasteiger charge is 2.07. The first kappa shape index (κ1) is 14.1. The summed E-state index contributed by atoms with van der Waals surface area (Å²) in [4.78, 5) is 0. The second kappa shape index (κ2) is 5.78. The van der Waals surface area contributed by atoms with Gasteiger partial charge in [0.1, 0.15) is 5.75 Å². The second-order valence-electron chi connectivity index (χ2n) is 3.83. The summed E-state index contributed by atoms with van der Waals surface area (Å²) in [6.45, 7) is 0. The molecule has 0 heterocycles. The Labute approximate surface area is 126 Å². The molecular formula is C13H11Cl3N2O. The molecule has 0 atom stereocenters. The number of nitrogens with two attached hydrogens (primary N) is 1. The molecule has 0 aliphatic carbocycles. The Hall–Kier alpha value is -1.29. The Morgan fingerprint density at radius 2 is 1.68 bits per heavy atom. The van der Waals surface area contributed by atoms with Crippen molar-refractivity contribution in [2.45, 2.75) is 0 Å². The highest BCUT2D eigenvalue weighted by Crippen LogP contribution is 2.35. The molecule has 2 rings (SSSR count). The Balaban J connectivity index is 2.33. The number of halogens is 3. The topological polar surface area (TPSA) is 47.3 Å². The molecule has 0 saturated carbocycles. The predicted octanol–water partition coefficient (Wildman–Crippen LogP) is 4.98. The molecule has 3 N–H and O–H groups in total. The van der Waals surface area contributed by atoms with Crippen LogP contribution in [0.3, 0.4) is 0 Å². The molecule has 0 aliphatic heterocycles. The zero-order valence-corrected chi connectivity index (χ0v) is 12.3. The summed E-state index contributed by atoms with van der Waals surface area (Å²) >= 11 is 17.9. The van der Waals surface area contributed by atoms with Crippen LogP contribution in [-0.2, 0) is 0 Å². The van der Waals surface area contributed by atoms with E-state index in [9.17, 15) is 0 Å². The standard InChI is InChI=1S/C13H11Cl3N2O/c1-19-13-4-7(2-3-11(13)17)18-12-6-9(15)8(14)5-10(12)16/h2-6,18H,17H2,1H3. The summed E-state index contributed by atoms with van der Waals surface area (Å²) in [6.07, 6.45) is 0. The van der Waals surface area contributed by atoms with Gasteiger partial charge in [-0.3, -0.25) is 0 Å². The number of anilines is 3. The van der Waals surface area contributed by atoms with Crippen LogP contribution in [0, 0.1) is 0 Å². The van der Waals surface area contributed by atoms with Crippen molar-refractivity contribution in [3.63, 3.8) is 0 Å². The van der Waals surface area contributed by atoms with Crippen molar-refractivity contribution in [1.82, 2.24) is 0 Å². The molecule has 0 saturated heterocycles. The molecule has 0 amide bonds. The smallest absolute Gasteiger partial charge is 0.143 e. The van der Waals surface area contributed by atoms with Crippen molar-refractivity contribution in [2.24, 2.45) is 0 Å². The van der Waals surface area contributed by atoms with E-state index in [1.54, 1.807) is 31.4 Å². The zero-order valence-electron chi connectivity index (χ0n) is 10.0. The highest BCUT2D eigenvalue weighted by atomic mass is 35.5. The van der Waals surface area contributed by atoms with Crippen molar-refractivity contribution in [2.75, 3.05) is 18.2 Å². The van der Waals surface area contributed by atoms with Crippen LogP contribution in [0.2, 0.25) is 15.1 Å². The molecular weight excluding hydrogens is 307 g/mol. The van der Waals surface area contributed by atoms with Gasteiger partial charge < -0.3 is 15.8 Å². The molecule has 0 unspecified atom stereocenters. The van der Waals surface area contributed by atoms with Gasteiger partial charge in [-0.2, -0.15) is 0 Å². The first-order valence-corrected chi connectivity index (χ1v) is 6.49. The van der Waals surface area contributed by atoms with E-state index in [4.69, 9.17) is 45.3 Å². The van der Waals surface area contributed by atoms with Crippen LogP contribution in [0.15, 0.2) is 30.3 Å². The van der Waals surface area contributed by atoms with Crippen LogP contribution in [0.1, 0.15) is 0 Å². The van der Waals surface area contributed by atoms with Crippen molar-refractivity contribution in [3.05, 3.63) is 45.4 Å². The van der Waals surface area contributed by atoms with E-state index < -0.39 is 0 Å². The van der Waals surface area contributed by atoms with Gasteiger partial charge >= 0.3 is 0 Å². The first-order chi connectivity index (χ1) is 9.01. The predicted molar refractivity (Wildman–Crippen MR) is 82.2 cm³/mol. The van der Waals surface area contributed by atoms with E-state index >= 15 is 0 Å². The van der Waals surface area contributed by atoms with Crippen LogP contribution in [0.25, 0.3) is 0 Å². The fourth-order valence-electron chi connectivity index (χ4n) is 1.56. The van der Waals surface area contributed by atoms with E-state index in [2.05, 4.69) is 5.32 Å². The maximum Gasteiger partial charge on any atom is 0.143 e. The minimum Gasteiger partial charge on any atom is -0.495 e. The van der Waals surface area contributed by atoms with E-state index in [0.29, 0.717) is 32.2 Å². The average molecular weight is 318 g/mol.